The van der Waals surface area contributed by atoms with Gasteiger partial charge in [0.1, 0.15) is 5.69 Å². The summed E-state index contributed by atoms with van der Waals surface area (Å²) < 4.78 is 1.81. The average molecular weight is 168 g/mol. The van der Waals surface area contributed by atoms with E-state index in [0.717, 1.165) is 17.8 Å². The molecule has 11 heavy (non-hydrogen) atoms. The molecule has 0 radical (unpaired) electrons. The van der Waals surface area contributed by atoms with Gasteiger partial charge in [0.2, 0.25) is 0 Å². The van der Waals surface area contributed by atoms with Gasteiger partial charge in [-0.2, -0.15) is 16.9 Å². The van der Waals surface area contributed by atoms with Crippen molar-refractivity contribution < 1.29 is 4.79 Å². The van der Waals surface area contributed by atoms with Crippen molar-refractivity contribution in [1.82, 2.24) is 9.78 Å². The van der Waals surface area contributed by atoms with E-state index in [0.29, 0.717) is 11.7 Å². The van der Waals surface area contributed by atoms with Crippen LogP contribution in [0.25, 0.3) is 0 Å². The number of hydrogen-bond acceptors (Lipinski definition) is 3. The summed E-state index contributed by atoms with van der Waals surface area (Å²) in [6, 6.07) is 2.20. The number of rotatable bonds is 2. The predicted molar refractivity (Wildman–Crippen MR) is 44.0 cm³/mol. The minimum Gasteiger partial charge on any atom is -0.296 e. The van der Waals surface area contributed by atoms with Crippen LogP contribution in [-0.4, -0.2) is 27.6 Å². The van der Waals surface area contributed by atoms with Gasteiger partial charge in [-0.1, -0.05) is 0 Å². The third-order valence-corrected chi connectivity index (χ3v) is 3.03. The smallest absolute Gasteiger partial charge is 0.168 e. The van der Waals surface area contributed by atoms with Crippen LogP contribution in [0.3, 0.4) is 0 Å². The SMILES string of the molecule is O=Cc1ccnn1C1CSC1. The quantitative estimate of drug-likeness (QED) is 0.617. The predicted octanol–water partition coefficient (Wildman–Crippen LogP) is 0.983. The topological polar surface area (TPSA) is 34.9 Å². The molecule has 0 aliphatic carbocycles. The summed E-state index contributed by atoms with van der Waals surface area (Å²) in [5, 5.41) is 4.08. The third kappa shape index (κ3) is 1.07. The Morgan fingerprint density at radius 1 is 1.73 bits per heavy atom. The van der Waals surface area contributed by atoms with Crippen molar-refractivity contribution >= 4 is 18.0 Å². The molecule has 1 aromatic rings. The summed E-state index contributed by atoms with van der Waals surface area (Å²) in [6.07, 6.45) is 2.53. The van der Waals surface area contributed by atoms with Gasteiger partial charge in [0, 0.05) is 17.7 Å². The van der Waals surface area contributed by atoms with Crippen molar-refractivity contribution in [1.29, 1.82) is 0 Å². The number of aldehydes is 1. The standard InChI is InChI=1S/C7H8N2OS/c10-3-6-1-2-8-9(6)7-4-11-5-7/h1-3,7H,4-5H2. The first-order valence-corrected chi connectivity index (χ1v) is 4.63. The van der Waals surface area contributed by atoms with E-state index in [4.69, 9.17) is 0 Å². The van der Waals surface area contributed by atoms with Crippen LogP contribution in [-0.2, 0) is 0 Å². The van der Waals surface area contributed by atoms with Crippen LogP contribution in [0.4, 0.5) is 0 Å². The molecule has 0 spiro atoms. The Bertz CT molecular complexity index is 267. The molecule has 1 fully saturated rings. The highest BCUT2D eigenvalue weighted by molar-refractivity contribution is 8.00. The lowest BCUT2D eigenvalue weighted by Gasteiger charge is -2.25. The highest BCUT2D eigenvalue weighted by Crippen LogP contribution is 2.29. The number of hydrogen-bond donors (Lipinski definition) is 0. The zero-order chi connectivity index (χ0) is 7.68. The highest BCUT2D eigenvalue weighted by atomic mass is 32.2. The van der Waals surface area contributed by atoms with Gasteiger partial charge < -0.3 is 0 Å². The van der Waals surface area contributed by atoms with Crippen LogP contribution >= 0.6 is 11.8 Å². The van der Waals surface area contributed by atoms with Gasteiger partial charge in [-0.3, -0.25) is 9.48 Å². The maximum absolute atomic E-state index is 10.5. The van der Waals surface area contributed by atoms with E-state index < -0.39 is 0 Å². The van der Waals surface area contributed by atoms with E-state index in [-0.39, 0.29) is 0 Å². The minimum absolute atomic E-state index is 0.454. The van der Waals surface area contributed by atoms with Gasteiger partial charge in [0.25, 0.3) is 0 Å². The van der Waals surface area contributed by atoms with E-state index in [1.807, 2.05) is 16.4 Å². The molecule has 1 aliphatic rings. The van der Waals surface area contributed by atoms with Crippen molar-refractivity contribution in [2.45, 2.75) is 6.04 Å². The van der Waals surface area contributed by atoms with E-state index >= 15 is 0 Å². The number of aromatic nitrogens is 2. The van der Waals surface area contributed by atoms with Crippen molar-refractivity contribution in [3.63, 3.8) is 0 Å². The lowest BCUT2D eigenvalue weighted by Crippen LogP contribution is -2.25. The van der Waals surface area contributed by atoms with Gasteiger partial charge >= 0.3 is 0 Å². The van der Waals surface area contributed by atoms with Crippen molar-refractivity contribution in [2.75, 3.05) is 11.5 Å². The Morgan fingerprint density at radius 2 is 2.55 bits per heavy atom. The Kier molecular flexibility index (Phi) is 1.69. The van der Waals surface area contributed by atoms with Crippen LogP contribution in [0, 0.1) is 0 Å². The summed E-state index contributed by atoms with van der Waals surface area (Å²) in [7, 11) is 0. The largest absolute Gasteiger partial charge is 0.296 e. The summed E-state index contributed by atoms with van der Waals surface area (Å²) in [4.78, 5) is 10.5. The number of nitrogens with zero attached hydrogens (tertiary/aromatic N) is 2. The molecule has 1 aromatic heterocycles. The zero-order valence-corrected chi connectivity index (χ0v) is 6.75. The zero-order valence-electron chi connectivity index (χ0n) is 5.93. The van der Waals surface area contributed by atoms with Crippen molar-refractivity contribution in [3.05, 3.63) is 18.0 Å². The third-order valence-electron chi connectivity index (χ3n) is 1.79. The Hall–Kier alpha value is -0.770. The van der Waals surface area contributed by atoms with Crippen LogP contribution in [0.5, 0.6) is 0 Å². The second-order valence-corrected chi connectivity index (χ2v) is 3.58. The summed E-state index contributed by atoms with van der Waals surface area (Å²) >= 11 is 1.89. The molecule has 0 aromatic carbocycles. The summed E-state index contributed by atoms with van der Waals surface area (Å²) in [5.41, 5.74) is 0.690. The Labute approximate surface area is 68.8 Å². The molecule has 0 bridgehead atoms. The van der Waals surface area contributed by atoms with E-state index in [2.05, 4.69) is 5.10 Å². The second-order valence-electron chi connectivity index (χ2n) is 2.51. The molecule has 1 saturated heterocycles. The molecule has 4 heteroatoms. The fraction of sp³-hybridized carbons (Fsp3) is 0.429. The van der Waals surface area contributed by atoms with Crippen molar-refractivity contribution in [2.24, 2.45) is 0 Å². The highest BCUT2D eigenvalue weighted by Gasteiger charge is 2.22. The monoisotopic (exact) mass is 168 g/mol. The van der Waals surface area contributed by atoms with Gasteiger partial charge in [-0.15, -0.1) is 0 Å². The molecule has 2 rings (SSSR count). The maximum atomic E-state index is 10.5. The summed E-state index contributed by atoms with van der Waals surface area (Å²) in [5.74, 6) is 2.17. The molecular weight excluding hydrogens is 160 g/mol. The molecule has 1 aliphatic heterocycles. The van der Waals surface area contributed by atoms with Crippen LogP contribution in [0.2, 0.25) is 0 Å². The fourth-order valence-corrected chi connectivity index (χ4v) is 1.82. The maximum Gasteiger partial charge on any atom is 0.168 e. The van der Waals surface area contributed by atoms with E-state index in [1.54, 1.807) is 12.3 Å². The Morgan fingerprint density at radius 3 is 3.09 bits per heavy atom. The molecular formula is C7H8N2OS. The first-order chi connectivity index (χ1) is 5.42. The van der Waals surface area contributed by atoms with Crippen LogP contribution in [0.1, 0.15) is 16.5 Å². The van der Waals surface area contributed by atoms with Crippen molar-refractivity contribution in [3.8, 4) is 0 Å². The lowest BCUT2D eigenvalue weighted by atomic mass is 10.3. The minimum atomic E-state index is 0.454. The molecule has 0 amide bonds. The number of carbonyl (C=O) groups is 1. The van der Waals surface area contributed by atoms with Crippen LogP contribution < -0.4 is 0 Å². The first kappa shape index (κ1) is 6.91. The van der Waals surface area contributed by atoms with E-state index in [9.17, 15) is 4.79 Å². The lowest BCUT2D eigenvalue weighted by molar-refractivity contribution is 0.111. The van der Waals surface area contributed by atoms with Gasteiger partial charge in [-0.25, -0.2) is 0 Å². The van der Waals surface area contributed by atoms with Gasteiger partial charge in [0.15, 0.2) is 6.29 Å². The summed E-state index contributed by atoms with van der Waals surface area (Å²) in [6.45, 7) is 0. The first-order valence-electron chi connectivity index (χ1n) is 3.48. The number of carbonyl (C=O) groups excluding carboxylic acids is 1. The van der Waals surface area contributed by atoms with E-state index in [1.165, 1.54) is 0 Å². The number of thioether (sulfide) groups is 1. The average Bonchev–Trinajstić information content (AvgIpc) is 2.32. The normalized spacial score (nSPS) is 17.8. The second kappa shape index (κ2) is 2.70. The molecule has 3 nitrogen and oxygen atoms in total. The Balaban J connectivity index is 2.27. The molecule has 2 heterocycles. The molecule has 0 N–H and O–H groups in total. The molecule has 0 atom stereocenters. The van der Waals surface area contributed by atoms with Gasteiger partial charge in [-0.05, 0) is 6.07 Å². The van der Waals surface area contributed by atoms with Crippen LogP contribution in [0.15, 0.2) is 12.3 Å². The molecule has 0 unspecified atom stereocenters. The fourth-order valence-electron chi connectivity index (χ4n) is 1.09. The molecule has 0 saturated carbocycles. The van der Waals surface area contributed by atoms with Gasteiger partial charge in [0.05, 0.1) is 6.04 Å². The molecule has 58 valence electrons.